The first-order valence-electron chi connectivity index (χ1n) is 39.0. The quantitative estimate of drug-likeness (QED) is 0.0169. The summed E-state index contributed by atoms with van der Waals surface area (Å²) >= 11 is 0. The number of allylic oxidation sites excluding steroid dienone is 35. The van der Waals surface area contributed by atoms with E-state index in [4.69, 9.17) is 37.0 Å². The maximum absolute atomic E-state index is 13.1. The number of carbonyl (C=O) groups is 4. The fourth-order valence-corrected chi connectivity index (χ4v) is 10.8. The molecule has 19 heteroatoms. The molecule has 0 aromatic rings. The lowest BCUT2D eigenvalue weighted by Gasteiger charge is -2.21. The molecule has 0 radical (unpaired) electrons. The molecule has 0 aliphatic heterocycles. The van der Waals surface area contributed by atoms with Gasteiger partial charge in [-0.15, -0.1) is 0 Å². The largest absolute Gasteiger partial charge is 0.472 e. The van der Waals surface area contributed by atoms with Crippen LogP contribution < -0.4 is 0 Å². The van der Waals surface area contributed by atoms with E-state index in [-0.39, 0.29) is 25.7 Å². The topological polar surface area (TPSA) is 237 Å². The van der Waals surface area contributed by atoms with Crippen molar-refractivity contribution in [2.24, 2.45) is 0 Å². The SMILES string of the molecule is CC/C=C\C/C=C\C/C=C\C/C=C\C/C=C\C/C=C\CCC(=O)OCC(COP(=O)(O)OCC(O)COP(=O)(O)OCC(COC(=O)CCCCCC/C=C\C/C=C\C/C=C\C/C=C\CC)OC(=O)CCCCCCC/C=C\C/C=C\C/C=C\CC)OC(=O)C/C=C\C/C=C\C/C=C\C/C=C\C/C=C\CC. The number of carbonyl (C=O) groups excluding carboxylic acids is 4. The Balaban J connectivity index is 5.56. The van der Waals surface area contributed by atoms with Crippen LogP contribution in [0.25, 0.3) is 0 Å². The number of phosphoric ester groups is 2. The van der Waals surface area contributed by atoms with Crippen LogP contribution in [-0.2, 0) is 65.4 Å². The number of hydrogen-bond donors (Lipinski definition) is 3. The molecule has 17 nitrogen and oxygen atoms in total. The smallest absolute Gasteiger partial charge is 0.462 e. The Labute approximate surface area is 639 Å². The van der Waals surface area contributed by atoms with Gasteiger partial charge < -0.3 is 33.8 Å². The molecule has 0 spiro atoms. The van der Waals surface area contributed by atoms with Crippen molar-refractivity contribution in [1.29, 1.82) is 0 Å². The Morgan fingerprint density at radius 3 is 0.849 bits per heavy atom. The van der Waals surface area contributed by atoms with Gasteiger partial charge in [0.2, 0.25) is 0 Å². The Kier molecular flexibility index (Phi) is 71.8. The summed E-state index contributed by atoms with van der Waals surface area (Å²) in [5.74, 6) is -2.50. The van der Waals surface area contributed by atoms with Gasteiger partial charge in [0, 0.05) is 19.3 Å². The molecule has 0 heterocycles. The van der Waals surface area contributed by atoms with Crippen molar-refractivity contribution in [3.05, 3.63) is 219 Å². The Bertz CT molecular complexity index is 2880. The molecule has 0 aromatic heterocycles. The van der Waals surface area contributed by atoms with Crippen LogP contribution in [0.3, 0.4) is 0 Å². The third-order valence-corrected chi connectivity index (χ3v) is 16.9. The van der Waals surface area contributed by atoms with Gasteiger partial charge in [0.15, 0.2) is 12.2 Å². The standard InChI is InChI=1S/C87H134O17P2/c1-5-9-13-17-21-25-29-33-37-39-40-42-46-48-52-56-60-64-68-72-85(90)98-78-83(104-87(92)74-70-66-62-58-54-50-44-36-32-28-24-20-16-12-8-4)80-102-106(95,96)100-76-81(88)75-99-105(93,94)101-79-82(103-86(91)73-69-65-61-57-53-49-43-35-31-27-23-19-15-11-7-3)77-97-84(89)71-67-63-59-55-51-47-45-41-38-34-30-26-22-18-14-10-6-2/h9-16,21-28,33-38,40,42-45,47-48,52,54,58,60,64,66,70,81-83,88H,5-8,17-20,29-32,39,41,46,49-51,53,55-57,59,61-63,65,67-69,71-80H2,1-4H3,(H,93,94)(H,95,96)/b13-9-,14-10-,15-11-,16-12-,25-21-,26-22-,27-23-,28-24-,37-33-,38-34-,42-40-,43-35-,44-36-,47-45-,52-48-,58-54-,64-60-,70-66-. The molecule has 0 aliphatic rings. The summed E-state index contributed by atoms with van der Waals surface area (Å²) in [7, 11) is -10.0. The van der Waals surface area contributed by atoms with Crippen LogP contribution in [0.4, 0.5) is 0 Å². The molecule has 0 aliphatic carbocycles. The molecule has 5 unspecified atom stereocenters. The molecule has 106 heavy (non-hydrogen) atoms. The number of hydrogen-bond acceptors (Lipinski definition) is 15. The zero-order valence-electron chi connectivity index (χ0n) is 64.8. The maximum Gasteiger partial charge on any atom is 0.472 e. The average Bonchev–Trinajstić information content (AvgIpc) is 0.909. The van der Waals surface area contributed by atoms with Crippen molar-refractivity contribution in [2.45, 2.75) is 264 Å². The lowest BCUT2D eigenvalue weighted by molar-refractivity contribution is -0.161. The highest BCUT2D eigenvalue weighted by Gasteiger charge is 2.30. The van der Waals surface area contributed by atoms with E-state index in [2.05, 4.69) is 204 Å². The number of unbranched alkanes of at least 4 members (excludes halogenated alkanes) is 9. The van der Waals surface area contributed by atoms with Gasteiger partial charge in [-0.25, -0.2) is 9.13 Å². The first kappa shape index (κ1) is 99.4. The minimum absolute atomic E-state index is 0.00640. The second-order valence-electron chi connectivity index (χ2n) is 24.8. The van der Waals surface area contributed by atoms with E-state index in [1.54, 1.807) is 12.2 Å². The van der Waals surface area contributed by atoms with Gasteiger partial charge in [-0.1, -0.05) is 279 Å². The van der Waals surface area contributed by atoms with E-state index in [0.717, 1.165) is 161 Å². The van der Waals surface area contributed by atoms with Crippen LogP contribution in [0.5, 0.6) is 0 Å². The highest BCUT2D eigenvalue weighted by Crippen LogP contribution is 2.45. The van der Waals surface area contributed by atoms with Gasteiger partial charge in [0.25, 0.3) is 0 Å². The molecule has 0 fully saturated rings. The molecule has 5 atom stereocenters. The van der Waals surface area contributed by atoms with E-state index in [0.29, 0.717) is 32.1 Å². The zero-order chi connectivity index (χ0) is 77.4. The number of aliphatic hydroxyl groups is 1. The Morgan fingerprint density at radius 2 is 0.519 bits per heavy atom. The van der Waals surface area contributed by atoms with E-state index >= 15 is 0 Å². The van der Waals surface area contributed by atoms with Crippen molar-refractivity contribution in [3.8, 4) is 0 Å². The van der Waals surface area contributed by atoms with Crippen LogP contribution in [0.15, 0.2) is 219 Å². The summed E-state index contributed by atoms with van der Waals surface area (Å²) in [6.45, 7) is 4.12. The van der Waals surface area contributed by atoms with Gasteiger partial charge in [-0.05, 0) is 161 Å². The van der Waals surface area contributed by atoms with Crippen LogP contribution >= 0.6 is 15.6 Å². The first-order valence-corrected chi connectivity index (χ1v) is 42.0. The summed E-state index contributed by atoms with van der Waals surface area (Å²) in [5.41, 5.74) is 0. The van der Waals surface area contributed by atoms with Crippen LogP contribution in [-0.4, -0.2) is 96.7 Å². The third-order valence-electron chi connectivity index (χ3n) is 15.0. The van der Waals surface area contributed by atoms with E-state index in [1.807, 2.05) is 30.4 Å². The molecule has 3 N–H and O–H groups in total. The highest BCUT2D eigenvalue weighted by atomic mass is 31.2. The summed E-state index contributed by atoms with van der Waals surface area (Å²) in [6, 6.07) is 0. The number of ether oxygens (including phenoxy) is 4. The molecule has 0 amide bonds. The number of esters is 4. The fourth-order valence-electron chi connectivity index (χ4n) is 9.21. The van der Waals surface area contributed by atoms with Gasteiger partial charge in [0.1, 0.15) is 19.3 Å². The van der Waals surface area contributed by atoms with Crippen LogP contribution in [0.2, 0.25) is 0 Å². The molecule has 0 rings (SSSR count). The summed E-state index contributed by atoms with van der Waals surface area (Å²) < 4.78 is 68.3. The molecular formula is C87H134O17P2. The van der Waals surface area contributed by atoms with Crippen molar-refractivity contribution >= 4 is 39.5 Å². The van der Waals surface area contributed by atoms with E-state index in [1.165, 1.54) is 0 Å². The molecule has 0 saturated heterocycles. The van der Waals surface area contributed by atoms with Crippen LogP contribution in [0, 0.1) is 0 Å². The van der Waals surface area contributed by atoms with Gasteiger partial charge >= 0.3 is 39.5 Å². The maximum atomic E-state index is 13.1. The predicted octanol–water partition coefficient (Wildman–Crippen LogP) is 22.9. The third kappa shape index (κ3) is 75.6. The zero-order valence-corrected chi connectivity index (χ0v) is 66.5. The monoisotopic (exact) mass is 1510 g/mol. The van der Waals surface area contributed by atoms with Crippen molar-refractivity contribution in [3.63, 3.8) is 0 Å². The predicted molar refractivity (Wildman–Crippen MR) is 435 cm³/mol. The second-order valence-corrected chi connectivity index (χ2v) is 27.7. The minimum Gasteiger partial charge on any atom is -0.462 e. The average molecular weight is 1510 g/mol. The summed E-state index contributed by atoms with van der Waals surface area (Å²) in [6.07, 6.45) is 96.9. The Morgan fingerprint density at radius 1 is 0.274 bits per heavy atom. The fraction of sp³-hybridized carbons (Fsp3) is 0.540. The van der Waals surface area contributed by atoms with Crippen molar-refractivity contribution in [2.75, 3.05) is 39.6 Å². The van der Waals surface area contributed by atoms with Crippen molar-refractivity contribution < 1.29 is 80.2 Å². The van der Waals surface area contributed by atoms with Crippen LogP contribution in [0.1, 0.15) is 246 Å². The van der Waals surface area contributed by atoms with E-state index < -0.39 is 97.5 Å². The number of aliphatic hydroxyl groups excluding tert-OH is 1. The molecular weight excluding hydrogens is 1380 g/mol. The second kappa shape index (κ2) is 76.6. The van der Waals surface area contributed by atoms with Gasteiger partial charge in [-0.2, -0.15) is 0 Å². The van der Waals surface area contributed by atoms with Crippen molar-refractivity contribution in [1.82, 2.24) is 0 Å². The van der Waals surface area contributed by atoms with Gasteiger partial charge in [0.05, 0.1) is 32.8 Å². The Hall–Kier alpha value is -6.62. The number of rotatable bonds is 70. The molecule has 0 bridgehead atoms. The first-order chi connectivity index (χ1) is 51.7. The minimum atomic E-state index is -5.03. The van der Waals surface area contributed by atoms with E-state index in [9.17, 15) is 43.2 Å². The molecule has 0 aromatic carbocycles. The van der Waals surface area contributed by atoms with Gasteiger partial charge in [-0.3, -0.25) is 37.3 Å². The summed E-state index contributed by atoms with van der Waals surface area (Å²) in [5, 5.41) is 10.6. The number of phosphoric acid groups is 2. The summed E-state index contributed by atoms with van der Waals surface area (Å²) in [4.78, 5) is 72.9. The molecule has 0 saturated carbocycles. The highest BCUT2D eigenvalue weighted by molar-refractivity contribution is 7.47. The lowest BCUT2D eigenvalue weighted by Crippen LogP contribution is -2.30. The normalized spacial score (nSPS) is 15.0. The lowest BCUT2D eigenvalue weighted by atomic mass is 10.1. The molecule has 594 valence electrons.